The summed E-state index contributed by atoms with van der Waals surface area (Å²) in [4.78, 5) is 37.3. The lowest BCUT2D eigenvalue weighted by Gasteiger charge is -2.20. The molecule has 1 N–H and O–H groups in total. The topological polar surface area (TPSA) is 128 Å². The number of hydrogen-bond donors (Lipinski definition) is 1. The van der Waals surface area contributed by atoms with Crippen molar-refractivity contribution in [2.45, 2.75) is 31.9 Å². The molecule has 1 aliphatic carbocycles. The van der Waals surface area contributed by atoms with Gasteiger partial charge >= 0.3 is 12.0 Å². The zero-order valence-electron chi connectivity index (χ0n) is 13.9. The number of rotatable bonds is 6. The largest absolute Gasteiger partial charge is 0.459 e. The SMILES string of the molecule is C[C@]1(C2CC2)NC(=O)N(CC(=O)OCc2nnc(-c3ccco3)o2)C1=O. The van der Waals surface area contributed by atoms with Gasteiger partial charge in [-0.25, -0.2) is 4.79 Å². The first-order valence-electron chi connectivity index (χ1n) is 8.13. The van der Waals surface area contributed by atoms with Gasteiger partial charge in [0, 0.05) is 0 Å². The summed E-state index contributed by atoms with van der Waals surface area (Å²) in [6.45, 7) is 0.951. The van der Waals surface area contributed by atoms with Crippen LogP contribution in [0.3, 0.4) is 0 Å². The zero-order valence-corrected chi connectivity index (χ0v) is 13.9. The van der Waals surface area contributed by atoms with E-state index in [1.165, 1.54) is 6.26 Å². The number of amides is 3. The Bertz CT molecular complexity index is 856. The molecule has 0 bridgehead atoms. The number of esters is 1. The molecule has 0 radical (unpaired) electrons. The fraction of sp³-hybridized carbons (Fsp3) is 0.438. The minimum absolute atomic E-state index is 0.0739. The third-order valence-electron chi connectivity index (χ3n) is 4.54. The monoisotopic (exact) mass is 360 g/mol. The minimum atomic E-state index is -0.929. The molecule has 26 heavy (non-hydrogen) atoms. The quantitative estimate of drug-likeness (QED) is 0.599. The van der Waals surface area contributed by atoms with Crippen LogP contribution in [-0.2, 0) is 20.9 Å². The van der Waals surface area contributed by atoms with E-state index in [0.717, 1.165) is 17.7 Å². The lowest BCUT2D eigenvalue weighted by molar-refractivity contribution is -0.149. The second kappa shape index (κ2) is 5.97. The average Bonchev–Trinajstić information content (AvgIpc) is 3.06. The Morgan fingerprint density at radius 3 is 2.92 bits per heavy atom. The van der Waals surface area contributed by atoms with Crippen LogP contribution in [0.5, 0.6) is 0 Å². The minimum Gasteiger partial charge on any atom is -0.459 e. The van der Waals surface area contributed by atoms with Crippen molar-refractivity contribution in [1.29, 1.82) is 0 Å². The van der Waals surface area contributed by atoms with Crippen LogP contribution in [-0.4, -0.2) is 45.1 Å². The second-order valence-corrected chi connectivity index (χ2v) is 6.44. The molecule has 4 rings (SSSR count). The molecule has 0 unspecified atom stereocenters. The smallest absolute Gasteiger partial charge is 0.326 e. The maximum atomic E-state index is 12.4. The molecule has 1 aliphatic heterocycles. The highest BCUT2D eigenvalue weighted by atomic mass is 16.5. The molecule has 1 saturated heterocycles. The Morgan fingerprint density at radius 2 is 2.23 bits per heavy atom. The summed E-state index contributed by atoms with van der Waals surface area (Å²) in [7, 11) is 0. The van der Waals surface area contributed by atoms with E-state index in [1.807, 2.05) is 0 Å². The molecule has 3 amide bonds. The number of urea groups is 1. The molecular formula is C16H16N4O6. The predicted molar refractivity (Wildman–Crippen MR) is 83.2 cm³/mol. The van der Waals surface area contributed by atoms with Crippen molar-refractivity contribution in [3.63, 3.8) is 0 Å². The summed E-state index contributed by atoms with van der Waals surface area (Å²) in [5, 5.41) is 10.2. The van der Waals surface area contributed by atoms with Gasteiger partial charge in [0.1, 0.15) is 12.1 Å². The van der Waals surface area contributed by atoms with Crippen LogP contribution in [0.25, 0.3) is 11.7 Å². The summed E-state index contributed by atoms with van der Waals surface area (Å²) in [6, 6.07) is 2.74. The summed E-state index contributed by atoms with van der Waals surface area (Å²) in [5.74, 6) is -0.390. The van der Waals surface area contributed by atoms with Gasteiger partial charge in [-0.3, -0.25) is 14.5 Å². The van der Waals surface area contributed by atoms with Gasteiger partial charge in [0.2, 0.25) is 0 Å². The lowest BCUT2D eigenvalue weighted by atomic mass is 9.96. The molecule has 0 aromatic carbocycles. The fourth-order valence-electron chi connectivity index (χ4n) is 2.93. The van der Waals surface area contributed by atoms with E-state index in [1.54, 1.807) is 19.1 Å². The van der Waals surface area contributed by atoms with Crippen LogP contribution in [0.1, 0.15) is 25.7 Å². The van der Waals surface area contributed by atoms with Gasteiger partial charge in [0.15, 0.2) is 12.4 Å². The first-order chi connectivity index (χ1) is 12.5. The summed E-state index contributed by atoms with van der Waals surface area (Å²) < 4.78 is 15.5. The van der Waals surface area contributed by atoms with Crippen LogP contribution in [0.15, 0.2) is 27.2 Å². The second-order valence-electron chi connectivity index (χ2n) is 6.44. The van der Waals surface area contributed by atoms with Gasteiger partial charge in [-0.1, -0.05) is 0 Å². The highest BCUT2D eigenvalue weighted by molar-refractivity contribution is 6.08. The Balaban J connectivity index is 1.33. The summed E-state index contributed by atoms with van der Waals surface area (Å²) >= 11 is 0. The number of carbonyl (C=O) groups is 3. The van der Waals surface area contributed by atoms with Crippen LogP contribution >= 0.6 is 0 Å². The van der Waals surface area contributed by atoms with Crippen molar-refractivity contribution in [2.24, 2.45) is 5.92 Å². The van der Waals surface area contributed by atoms with Gasteiger partial charge in [-0.05, 0) is 37.8 Å². The van der Waals surface area contributed by atoms with Crippen LogP contribution in [0.2, 0.25) is 0 Å². The van der Waals surface area contributed by atoms with E-state index in [4.69, 9.17) is 13.6 Å². The predicted octanol–water partition coefficient (Wildman–Crippen LogP) is 1.09. The Hall–Kier alpha value is -3.17. The number of carbonyl (C=O) groups excluding carboxylic acids is 3. The van der Waals surface area contributed by atoms with Crippen LogP contribution in [0.4, 0.5) is 4.79 Å². The van der Waals surface area contributed by atoms with Gasteiger partial charge in [-0.15, -0.1) is 10.2 Å². The van der Waals surface area contributed by atoms with Crippen molar-refractivity contribution < 1.29 is 28.0 Å². The summed E-state index contributed by atoms with van der Waals surface area (Å²) in [5.41, 5.74) is -0.929. The third-order valence-corrected chi connectivity index (χ3v) is 4.54. The molecule has 10 nitrogen and oxygen atoms in total. The number of nitrogens with one attached hydrogen (secondary N) is 1. The number of imide groups is 1. The van der Waals surface area contributed by atoms with Crippen molar-refractivity contribution in [3.05, 3.63) is 24.3 Å². The fourth-order valence-corrected chi connectivity index (χ4v) is 2.93. The van der Waals surface area contributed by atoms with E-state index in [-0.39, 0.29) is 24.3 Å². The molecule has 136 valence electrons. The first-order valence-corrected chi connectivity index (χ1v) is 8.13. The molecule has 10 heteroatoms. The number of furan rings is 1. The van der Waals surface area contributed by atoms with Crippen molar-refractivity contribution in [1.82, 2.24) is 20.4 Å². The van der Waals surface area contributed by atoms with E-state index in [0.29, 0.717) is 5.76 Å². The zero-order chi connectivity index (χ0) is 18.3. The van der Waals surface area contributed by atoms with Gasteiger partial charge in [0.25, 0.3) is 17.7 Å². The molecular weight excluding hydrogens is 344 g/mol. The molecule has 1 atom stereocenters. The van der Waals surface area contributed by atoms with E-state index >= 15 is 0 Å². The Morgan fingerprint density at radius 1 is 1.42 bits per heavy atom. The van der Waals surface area contributed by atoms with Crippen molar-refractivity contribution in [3.8, 4) is 11.7 Å². The molecule has 0 spiro atoms. The molecule has 2 aliphatic rings. The molecule has 2 aromatic rings. The lowest BCUT2D eigenvalue weighted by Crippen LogP contribution is -2.46. The molecule has 2 fully saturated rings. The Labute approximate surface area is 147 Å². The third kappa shape index (κ3) is 2.83. The highest BCUT2D eigenvalue weighted by Gasteiger charge is 2.56. The first kappa shape index (κ1) is 16.3. The van der Waals surface area contributed by atoms with Gasteiger partial charge in [0.05, 0.1) is 6.26 Å². The number of nitrogens with zero attached hydrogens (tertiary/aromatic N) is 3. The maximum Gasteiger partial charge on any atom is 0.326 e. The highest BCUT2D eigenvalue weighted by Crippen LogP contribution is 2.42. The van der Waals surface area contributed by atoms with Gasteiger partial charge < -0.3 is 18.9 Å². The number of ether oxygens (including phenoxy) is 1. The van der Waals surface area contributed by atoms with E-state index in [9.17, 15) is 14.4 Å². The molecule has 1 saturated carbocycles. The average molecular weight is 360 g/mol. The Kier molecular flexibility index (Phi) is 3.74. The standard InChI is InChI=1S/C16H16N4O6/c1-16(9-4-5-9)14(22)20(15(23)17-16)7-12(21)25-8-11-18-19-13(26-11)10-3-2-6-24-10/h2-3,6,9H,4-5,7-8H2,1H3,(H,17,23)/t16-/m1/s1. The number of hydrogen-bond acceptors (Lipinski definition) is 8. The van der Waals surface area contributed by atoms with Crippen molar-refractivity contribution >= 4 is 17.9 Å². The summed E-state index contributed by atoms with van der Waals surface area (Å²) in [6.07, 6.45) is 3.23. The van der Waals surface area contributed by atoms with Crippen molar-refractivity contribution in [2.75, 3.05) is 6.54 Å². The maximum absolute atomic E-state index is 12.4. The van der Waals surface area contributed by atoms with Gasteiger partial charge in [-0.2, -0.15) is 0 Å². The van der Waals surface area contributed by atoms with Crippen LogP contribution < -0.4 is 5.32 Å². The van der Waals surface area contributed by atoms with Crippen LogP contribution in [0, 0.1) is 5.92 Å². The normalized spacial score (nSPS) is 22.6. The molecule has 2 aromatic heterocycles. The van der Waals surface area contributed by atoms with E-state index < -0.39 is 30.0 Å². The van der Waals surface area contributed by atoms with E-state index in [2.05, 4.69) is 15.5 Å². The molecule has 3 heterocycles. The number of aromatic nitrogens is 2.